The first-order valence-electron chi connectivity index (χ1n) is 6.49. The maximum absolute atomic E-state index is 12.6. The fraction of sp³-hybridized carbons (Fsp3) is 0.267. The molecule has 5 heteroatoms. The van der Waals surface area contributed by atoms with Crippen LogP contribution in [0, 0.1) is 0 Å². The van der Waals surface area contributed by atoms with Crippen LogP contribution in [-0.4, -0.2) is 23.9 Å². The van der Waals surface area contributed by atoms with Crippen molar-refractivity contribution in [2.75, 3.05) is 18.8 Å². The number of carbonyl (C=O) groups is 1. The molecule has 0 saturated heterocycles. The van der Waals surface area contributed by atoms with Gasteiger partial charge in [-0.15, -0.1) is 11.3 Å². The van der Waals surface area contributed by atoms with Gasteiger partial charge < -0.3 is 10.6 Å². The zero-order chi connectivity index (χ0) is 14.3. The second-order valence-corrected chi connectivity index (χ2v) is 6.92. The molecule has 1 aliphatic rings. The highest BCUT2D eigenvalue weighted by Crippen LogP contribution is 2.38. The van der Waals surface area contributed by atoms with Gasteiger partial charge in [0, 0.05) is 27.6 Å². The summed E-state index contributed by atoms with van der Waals surface area (Å²) in [6.07, 6.45) is 3.06. The molecule has 0 saturated carbocycles. The van der Waals surface area contributed by atoms with Crippen LogP contribution in [0.4, 0.5) is 5.69 Å². The number of nitrogen functional groups attached to an aromatic ring is 1. The van der Waals surface area contributed by atoms with Crippen molar-refractivity contribution >= 4 is 48.9 Å². The van der Waals surface area contributed by atoms with Crippen molar-refractivity contribution in [2.24, 2.45) is 0 Å². The summed E-state index contributed by atoms with van der Waals surface area (Å²) in [4.78, 5) is 15.1. The number of carbonyl (C=O) groups excluding carboxylic acids is 1. The standard InChI is InChI=1S/C15H15BrN2OS/c1-9-5-7-18(8-6-9)15(19)14-13(17)12-10(16)3-2-4-11(12)20-14/h2-5H,6-8,17H2,1H3. The summed E-state index contributed by atoms with van der Waals surface area (Å²) in [6, 6.07) is 5.91. The molecule has 0 bridgehead atoms. The SMILES string of the molecule is CC1=CCN(C(=O)c2sc3cccc(Br)c3c2N)CC1. The number of nitrogens with two attached hydrogens (primary N) is 1. The van der Waals surface area contributed by atoms with Gasteiger partial charge in [0.15, 0.2) is 0 Å². The van der Waals surface area contributed by atoms with E-state index in [1.807, 2.05) is 23.1 Å². The summed E-state index contributed by atoms with van der Waals surface area (Å²) in [5.74, 6) is 0.0411. The van der Waals surface area contributed by atoms with E-state index in [0.717, 1.165) is 27.5 Å². The van der Waals surface area contributed by atoms with Crippen LogP contribution in [0.1, 0.15) is 23.0 Å². The molecule has 0 spiro atoms. The molecular formula is C15H15BrN2OS. The molecule has 20 heavy (non-hydrogen) atoms. The Bertz CT molecular complexity index is 720. The van der Waals surface area contributed by atoms with E-state index in [-0.39, 0.29) is 5.91 Å². The van der Waals surface area contributed by atoms with Crippen LogP contribution in [-0.2, 0) is 0 Å². The zero-order valence-electron chi connectivity index (χ0n) is 11.1. The van der Waals surface area contributed by atoms with Gasteiger partial charge in [0.05, 0.1) is 5.69 Å². The quantitative estimate of drug-likeness (QED) is 0.789. The van der Waals surface area contributed by atoms with E-state index in [1.165, 1.54) is 16.9 Å². The van der Waals surface area contributed by atoms with Crippen molar-refractivity contribution in [2.45, 2.75) is 13.3 Å². The Labute approximate surface area is 130 Å². The fourth-order valence-electron chi connectivity index (χ4n) is 2.39. The molecule has 0 fully saturated rings. The van der Waals surface area contributed by atoms with Gasteiger partial charge in [-0.2, -0.15) is 0 Å². The summed E-state index contributed by atoms with van der Waals surface area (Å²) >= 11 is 4.98. The molecule has 1 amide bonds. The third-order valence-electron chi connectivity index (χ3n) is 3.62. The van der Waals surface area contributed by atoms with Gasteiger partial charge in [-0.05, 0) is 25.5 Å². The molecular weight excluding hydrogens is 336 g/mol. The van der Waals surface area contributed by atoms with Crippen LogP contribution in [0.25, 0.3) is 10.1 Å². The second-order valence-electron chi connectivity index (χ2n) is 5.01. The minimum Gasteiger partial charge on any atom is -0.397 e. The summed E-state index contributed by atoms with van der Waals surface area (Å²) in [6.45, 7) is 3.56. The van der Waals surface area contributed by atoms with Gasteiger partial charge in [0.1, 0.15) is 4.88 Å². The molecule has 1 aromatic carbocycles. The predicted octanol–water partition coefficient (Wildman–Crippen LogP) is 4.04. The van der Waals surface area contributed by atoms with Gasteiger partial charge in [-0.1, -0.05) is 33.6 Å². The molecule has 0 radical (unpaired) electrons. The first-order chi connectivity index (χ1) is 9.58. The number of anilines is 1. The molecule has 3 rings (SSSR count). The van der Waals surface area contributed by atoms with Crippen LogP contribution in [0.5, 0.6) is 0 Å². The van der Waals surface area contributed by atoms with Gasteiger partial charge in [0.25, 0.3) is 5.91 Å². The van der Waals surface area contributed by atoms with E-state index in [1.54, 1.807) is 0 Å². The van der Waals surface area contributed by atoms with Crippen molar-refractivity contribution < 1.29 is 4.79 Å². The number of nitrogens with zero attached hydrogens (tertiary/aromatic N) is 1. The Balaban J connectivity index is 2.00. The van der Waals surface area contributed by atoms with Crippen LogP contribution >= 0.6 is 27.3 Å². The molecule has 2 aromatic rings. The lowest BCUT2D eigenvalue weighted by Gasteiger charge is -2.25. The summed E-state index contributed by atoms with van der Waals surface area (Å²) in [5.41, 5.74) is 8.13. The monoisotopic (exact) mass is 350 g/mol. The first kappa shape index (κ1) is 13.6. The second kappa shape index (κ2) is 5.22. The van der Waals surface area contributed by atoms with Gasteiger partial charge >= 0.3 is 0 Å². The number of thiophene rings is 1. The van der Waals surface area contributed by atoms with E-state index >= 15 is 0 Å². The number of halogens is 1. The topological polar surface area (TPSA) is 46.3 Å². The van der Waals surface area contributed by atoms with Crippen molar-refractivity contribution in [3.8, 4) is 0 Å². The maximum atomic E-state index is 12.6. The Hall–Kier alpha value is -1.33. The first-order valence-corrected chi connectivity index (χ1v) is 8.10. The van der Waals surface area contributed by atoms with Crippen LogP contribution in [0.3, 0.4) is 0 Å². The third-order valence-corrected chi connectivity index (χ3v) is 5.44. The van der Waals surface area contributed by atoms with Crippen molar-refractivity contribution in [3.05, 3.63) is 39.2 Å². The molecule has 0 aliphatic carbocycles. The average molecular weight is 351 g/mol. The number of hydrogen-bond acceptors (Lipinski definition) is 3. The van der Waals surface area contributed by atoms with Crippen molar-refractivity contribution in [1.82, 2.24) is 4.90 Å². The zero-order valence-corrected chi connectivity index (χ0v) is 13.6. The fourth-order valence-corrected chi connectivity index (χ4v) is 4.21. The molecule has 1 aromatic heterocycles. The molecule has 0 unspecified atom stereocenters. The smallest absolute Gasteiger partial charge is 0.266 e. The van der Waals surface area contributed by atoms with E-state index < -0.39 is 0 Å². The number of fused-ring (bicyclic) bond motifs is 1. The predicted molar refractivity (Wildman–Crippen MR) is 88.2 cm³/mol. The molecule has 2 heterocycles. The lowest BCUT2D eigenvalue weighted by Crippen LogP contribution is -2.34. The van der Waals surface area contributed by atoms with E-state index in [2.05, 4.69) is 28.9 Å². The van der Waals surface area contributed by atoms with Crippen molar-refractivity contribution in [3.63, 3.8) is 0 Å². The van der Waals surface area contributed by atoms with E-state index in [9.17, 15) is 4.79 Å². The average Bonchev–Trinajstić information content (AvgIpc) is 2.77. The minimum absolute atomic E-state index is 0.0411. The van der Waals surface area contributed by atoms with Gasteiger partial charge in [-0.3, -0.25) is 4.79 Å². The number of benzene rings is 1. The minimum atomic E-state index is 0.0411. The number of amides is 1. The normalized spacial score (nSPS) is 15.5. The lowest BCUT2D eigenvalue weighted by atomic mass is 10.1. The third kappa shape index (κ3) is 2.25. The summed E-state index contributed by atoms with van der Waals surface area (Å²) < 4.78 is 1.99. The molecule has 2 N–H and O–H groups in total. The highest BCUT2D eigenvalue weighted by atomic mass is 79.9. The van der Waals surface area contributed by atoms with Gasteiger partial charge in [-0.25, -0.2) is 0 Å². The highest BCUT2D eigenvalue weighted by Gasteiger charge is 2.23. The summed E-state index contributed by atoms with van der Waals surface area (Å²) in [5, 5.41) is 0.949. The van der Waals surface area contributed by atoms with Crippen LogP contribution in [0.15, 0.2) is 34.3 Å². The molecule has 1 aliphatic heterocycles. The number of hydrogen-bond donors (Lipinski definition) is 1. The Kier molecular flexibility index (Phi) is 3.56. The van der Waals surface area contributed by atoms with Gasteiger partial charge in [0.2, 0.25) is 0 Å². The Morgan fingerprint density at radius 2 is 2.25 bits per heavy atom. The van der Waals surface area contributed by atoms with E-state index in [0.29, 0.717) is 17.1 Å². The Morgan fingerprint density at radius 3 is 2.90 bits per heavy atom. The van der Waals surface area contributed by atoms with Crippen molar-refractivity contribution in [1.29, 1.82) is 0 Å². The number of rotatable bonds is 1. The van der Waals surface area contributed by atoms with Crippen LogP contribution < -0.4 is 5.73 Å². The van der Waals surface area contributed by atoms with E-state index in [4.69, 9.17) is 5.73 Å². The molecule has 3 nitrogen and oxygen atoms in total. The Morgan fingerprint density at radius 1 is 1.45 bits per heavy atom. The maximum Gasteiger partial charge on any atom is 0.266 e. The van der Waals surface area contributed by atoms with Crippen LogP contribution in [0.2, 0.25) is 0 Å². The highest BCUT2D eigenvalue weighted by molar-refractivity contribution is 9.10. The lowest BCUT2D eigenvalue weighted by molar-refractivity contribution is 0.0775. The molecule has 0 atom stereocenters. The summed E-state index contributed by atoms with van der Waals surface area (Å²) in [7, 11) is 0. The largest absolute Gasteiger partial charge is 0.397 e. The molecule has 104 valence electrons.